The summed E-state index contributed by atoms with van der Waals surface area (Å²) in [6.45, 7) is 0. The molecule has 2 unspecified atom stereocenters. The molecule has 0 aliphatic heterocycles. The van der Waals surface area contributed by atoms with Gasteiger partial charge in [0.05, 0.1) is 5.56 Å². The summed E-state index contributed by atoms with van der Waals surface area (Å²) in [5.74, 6) is -0.714. The topological polar surface area (TPSA) is 55.1 Å². The maximum atomic E-state index is 13.2. The number of hydrogen-bond donors (Lipinski definition) is 2. The van der Waals surface area contributed by atoms with Gasteiger partial charge in [-0.2, -0.15) is 11.8 Å². The molecule has 1 aliphatic rings. The first-order valence-electron chi connectivity index (χ1n) is 6.49. The van der Waals surface area contributed by atoms with Crippen LogP contribution >= 0.6 is 11.8 Å². The van der Waals surface area contributed by atoms with Crippen molar-refractivity contribution in [1.82, 2.24) is 5.32 Å². The van der Waals surface area contributed by atoms with E-state index in [0.717, 1.165) is 19.3 Å². The molecule has 0 saturated heterocycles. The largest absolute Gasteiger partial charge is 0.398 e. The monoisotopic (exact) mass is 282 g/mol. The number of anilines is 1. The summed E-state index contributed by atoms with van der Waals surface area (Å²) >= 11 is 1.84. The van der Waals surface area contributed by atoms with Crippen LogP contribution in [0.25, 0.3) is 0 Å². The Morgan fingerprint density at radius 2 is 2.26 bits per heavy atom. The number of thioether (sulfide) groups is 1. The van der Waals surface area contributed by atoms with Crippen molar-refractivity contribution in [2.24, 2.45) is 0 Å². The number of halogens is 1. The van der Waals surface area contributed by atoms with Crippen LogP contribution < -0.4 is 11.1 Å². The third-order valence-corrected chi connectivity index (χ3v) is 4.65. The molecule has 0 aromatic heterocycles. The number of hydrogen-bond acceptors (Lipinski definition) is 3. The number of nitrogen functional groups attached to an aromatic ring is 1. The lowest BCUT2D eigenvalue weighted by Gasteiger charge is -2.28. The van der Waals surface area contributed by atoms with E-state index in [1.807, 2.05) is 11.8 Å². The van der Waals surface area contributed by atoms with Gasteiger partial charge in [-0.05, 0) is 43.7 Å². The minimum atomic E-state index is -0.440. The molecule has 19 heavy (non-hydrogen) atoms. The van der Waals surface area contributed by atoms with E-state index in [-0.39, 0.29) is 17.5 Å². The summed E-state index contributed by atoms with van der Waals surface area (Å²) in [6.07, 6.45) is 6.38. The fourth-order valence-electron chi connectivity index (χ4n) is 2.48. The number of rotatable bonds is 3. The molecular formula is C14H19FN2OS. The Balaban J connectivity index is 2.02. The molecule has 2 atom stereocenters. The second kappa shape index (κ2) is 6.28. The van der Waals surface area contributed by atoms with Crippen LogP contribution in [0.1, 0.15) is 36.0 Å². The van der Waals surface area contributed by atoms with Gasteiger partial charge in [0, 0.05) is 17.0 Å². The summed E-state index contributed by atoms with van der Waals surface area (Å²) in [5.41, 5.74) is 6.26. The van der Waals surface area contributed by atoms with Crippen molar-refractivity contribution < 1.29 is 9.18 Å². The van der Waals surface area contributed by atoms with E-state index in [1.165, 1.54) is 24.6 Å². The first-order chi connectivity index (χ1) is 9.10. The van der Waals surface area contributed by atoms with Crippen molar-refractivity contribution in [3.8, 4) is 0 Å². The Morgan fingerprint density at radius 1 is 1.47 bits per heavy atom. The molecule has 1 amide bonds. The standard InChI is InChI=1S/C14H19FN2OS/c1-19-11-4-2-3-10(8-11)17-14(18)12-7-9(15)5-6-13(12)16/h5-7,10-11H,2-4,8,16H2,1H3,(H,17,18). The lowest BCUT2D eigenvalue weighted by molar-refractivity contribution is 0.0929. The Bertz CT molecular complexity index is 467. The normalized spacial score (nSPS) is 23.1. The van der Waals surface area contributed by atoms with Crippen LogP contribution in [0.2, 0.25) is 0 Å². The third-order valence-electron chi connectivity index (χ3n) is 3.55. The number of nitrogens with one attached hydrogen (secondary N) is 1. The summed E-state index contributed by atoms with van der Waals surface area (Å²) in [6, 6.07) is 4.05. The summed E-state index contributed by atoms with van der Waals surface area (Å²) in [5, 5.41) is 3.57. The van der Waals surface area contributed by atoms with Crippen molar-refractivity contribution in [1.29, 1.82) is 0 Å². The number of benzene rings is 1. The Kier molecular flexibility index (Phi) is 4.69. The number of amides is 1. The molecule has 1 aromatic rings. The highest BCUT2D eigenvalue weighted by atomic mass is 32.2. The number of carbonyl (C=O) groups is 1. The lowest BCUT2D eigenvalue weighted by Crippen LogP contribution is -2.39. The number of nitrogens with two attached hydrogens (primary N) is 1. The maximum Gasteiger partial charge on any atom is 0.253 e. The van der Waals surface area contributed by atoms with Gasteiger partial charge in [-0.25, -0.2) is 4.39 Å². The molecule has 1 aromatic carbocycles. The van der Waals surface area contributed by atoms with E-state index < -0.39 is 5.82 Å². The molecule has 1 saturated carbocycles. The molecule has 3 nitrogen and oxygen atoms in total. The van der Waals surface area contributed by atoms with E-state index >= 15 is 0 Å². The highest BCUT2D eigenvalue weighted by Crippen LogP contribution is 2.27. The smallest absolute Gasteiger partial charge is 0.253 e. The van der Waals surface area contributed by atoms with Crippen molar-refractivity contribution in [3.63, 3.8) is 0 Å². The molecule has 2 rings (SSSR count). The van der Waals surface area contributed by atoms with Crippen LogP contribution in [0.15, 0.2) is 18.2 Å². The highest BCUT2D eigenvalue weighted by molar-refractivity contribution is 7.99. The first-order valence-corrected chi connectivity index (χ1v) is 7.77. The lowest BCUT2D eigenvalue weighted by atomic mass is 9.94. The van der Waals surface area contributed by atoms with Gasteiger partial charge in [0.25, 0.3) is 5.91 Å². The van der Waals surface area contributed by atoms with E-state index in [2.05, 4.69) is 11.6 Å². The molecule has 5 heteroatoms. The summed E-state index contributed by atoms with van der Waals surface area (Å²) in [7, 11) is 0. The average molecular weight is 282 g/mol. The van der Waals surface area contributed by atoms with E-state index in [0.29, 0.717) is 10.9 Å². The average Bonchev–Trinajstić information content (AvgIpc) is 2.41. The zero-order valence-corrected chi connectivity index (χ0v) is 11.8. The molecule has 3 N–H and O–H groups in total. The van der Waals surface area contributed by atoms with E-state index in [9.17, 15) is 9.18 Å². The van der Waals surface area contributed by atoms with E-state index in [4.69, 9.17) is 5.73 Å². The maximum absolute atomic E-state index is 13.2. The summed E-state index contributed by atoms with van der Waals surface area (Å²) < 4.78 is 13.2. The first kappa shape index (κ1) is 14.2. The van der Waals surface area contributed by atoms with Gasteiger partial charge in [-0.15, -0.1) is 0 Å². The van der Waals surface area contributed by atoms with Crippen LogP contribution in [-0.2, 0) is 0 Å². The molecular weight excluding hydrogens is 263 g/mol. The van der Waals surface area contributed by atoms with Gasteiger partial charge in [0.2, 0.25) is 0 Å². The van der Waals surface area contributed by atoms with Crippen molar-refractivity contribution in [2.75, 3.05) is 12.0 Å². The predicted octanol–water partition coefficient (Wildman–Crippen LogP) is 2.81. The van der Waals surface area contributed by atoms with Crippen LogP contribution in [0.3, 0.4) is 0 Å². The molecule has 0 bridgehead atoms. The SMILES string of the molecule is CSC1CCCC(NC(=O)c2cc(F)ccc2N)C1. The van der Waals surface area contributed by atoms with Crippen LogP contribution in [0.4, 0.5) is 10.1 Å². The third kappa shape index (κ3) is 3.62. The van der Waals surface area contributed by atoms with Crippen molar-refractivity contribution in [2.45, 2.75) is 37.0 Å². The molecule has 1 aliphatic carbocycles. The zero-order chi connectivity index (χ0) is 13.8. The molecule has 0 heterocycles. The predicted molar refractivity (Wildman–Crippen MR) is 77.8 cm³/mol. The molecule has 104 valence electrons. The second-order valence-corrected chi connectivity index (χ2v) is 6.06. The minimum Gasteiger partial charge on any atom is -0.398 e. The van der Waals surface area contributed by atoms with E-state index in [1.54, 1.807) is 0 Å². The Labute approximate surface area is 117 Å². The fraction of sp³-hybridized carbons (Fsp3) is 0.500. The highest BCUT2D eigenvalue weighted by Gasteiger charge is 2.23. The molecule has 1 fully saturated rings. The van der Waals surface area contributed by atoms with Gasteiger partial charge < -0.3 is 11.1 Å². The Hall–Kier alpha value is -1.23. The van der Waals surface area contributed by atoms with Gasteiger partial charge in [0.1, 0.15) is 5.82 Å². The van der Waals surface area contributed by atoms with Gasteiger partial charge in [0.15, 0.2) is 0 Å². The van der Waals surface area contributed by atoms with Crippen molar-refractivity contribution >= 4 is 23.4 Å². The number of carbonyl (C=O) groups excluding carboxylic acids is 1. The van der Waals surface area contributed by atoms with Crippen LogP contribution in [0, 0.1) is 5.82 Å². The summed E-state index contributed by atoms with van der Waals surface area (Å²) in [4.78, 5) is 12.1. The Morgan fingerprint density at radius 3 is 3.00 bits per heavy atom. The fourth-order valence-corrected chi connectivity index (χ4v) is 3.31. The van der Waals surface area contributed by atoms with Gasteiger partial charge in [-0.1, -0.05) is 6.42 Å². The molecule has 0 spiro atoms. The van der Waals surface area contributed by atoms with Gasteiger partial charge >= 0.3 is 0 Å². The van der Waals surface area contributed by atoms with Crippen molar-refractivity contribution in [3.05, 3.63) is 29.6 Å². The van der Waals surface area contributed by atoms with Crippen LogP contribution in [-0.4, -0.2) is 23.5 Å². The molecule has 0 radical (unpaired) electrons. The minimum absolute atomic E-state index is 0.168. The van der Waals surface area contributed by atoms with Crippen LogP contribution in [0.5, 0.6) is 0 Å². The van der Waals surface area contributed by atoms with Gasteiger partial charge in [-0.3, -0.25) is 4.79 Å². The zero-order valence-electron chi connectivity index (χ0n) is 11.0. The second-order valence-electron chi connectivity index (χ2n) is 4.93. The quantitative estimate of drug-likeness (QED) is 0.838.